The van der Waals surface area contributed by atoms with Crippen LogP contribution in [0.4, 0.5) is 5.95 Å². The summed E-state index contributed by atoms with van der Waals surface area (Å²) in [6.07, 6.45) is 7.08. The van der Waals surface area contributed by atoms with Gasteiger partial charge in [0.05, 0.1) is 12.6 Å². The van der Waals surface area contributed by atoms with E-state index in [9.17, 15) is 0 Å². The fraction of sp³-hybridized carbons (Fsp3) is 0.455. The molecule has 1 fully saturated rings. The number of nitrogens with zero attached hydrogens (tertiary/aromatic N) is 5. The van der Waals surface area contributed by atoms with Crippen LogP contribution in [0.5, 0.6) is 0 Å². The lowest BCUT2D eigenvalue weighted by molar-refractivity contribution is 0.0874. The average Bonchev–Trinajstić information content (AvgIpc) is 2.93. The van der Waals surface area contributed by atoms with E-state index in [2.05, 4.69) is 25.3 Å². The van der Waals surface area contributed by atoms with Crippen molar-refractivity contribution in [3.63, 3.8) is 0 Å². The van der Waals surface area contributed by atoms with Gasteiger partial charge in [-0.25, -0.2) is 4.98 Å². The Bertz CT molecular complexity index is 540. The molecule has 1 N–H and O–H groups in total. The lowest BCUT2D eigenvalue weighted by Gasteiger charge is -2.23. The predicted molar refractivity (Wildman–Crippen MR) is 69.4 cm³/mol. The molecule has 0 amide bonds. The molecule has 2 aromatic heterocycles. The molecule has 19 heavy (non-hydrogen) atoms. The van der Waals surface area contributed by atoms with Crippen molar-refractivity contribution in [1.82, 2.24) is 24.5 Å². The van der Waals surface area contributed by atoms with E-state index >= 15 is 0 Å². The summed E-state index contributed by atoms with van der Waals surface area (Å²) in [5.41, 5.74) is 0. The zero-order valence-corrected chi connectivity index (χ0v) is 10.9. The van der Waals surface area contributed by atoms with Gasteiger partial charge in [-0.1, -0.05) is 0 Å². The number of rotatable bonds is 3. The molecule has 3 heterocycles. The van der Waals surface area contributed by atoms with Crippen molar-refractivity contribution in [1.29, 1.82) is 0 Å². The monoisotopic (exact) mass is 280 g/mol. The summed E-state index contributed by atoms with van der Waals surface area (Å²) in [4.78, 5) is 16.4. The number of imidazole rings is 1. The van der Waals surface area contributed by atoms with E-state index in [1.54, 1.807) is 23.3 Å². The largest absolute Gasteiger partial charge is 0.379 e. The summed E-state index contributed by atoms with van der Waals surface area (Å²) in [7, 11) is 0. The minimum absolute atomic E-state index is 0.151. The molecule has 0 spiro atoms. The Morgan fingerprint density at radius 2 is 2.32 bits per heavy atom. The fourth-order valence-electron chi connectivity index (χ4n) is 1.93. The molecule has 1 atom stereocenters. The van der Waals surface area contributed by atoms with Crippen molar-refractivity contribution in [3.05, 3.63) is 24.0 Å². The number of aromatic nitrogens is 5. The van der Waals surface area contributed by atoms with Crippen molar-refractivity contribution in [3.8, 4) is 5.95 Å². The van der Waals surface area contributed by atoms with Gasteiger partial charge in [0.15, 0.2) is 0 Å². The Morgan fingerprint density at radius 3 is 3.05 bits per heavy atom. The smallest absolute Gasteiger partial charge is 0.241 e. The SMILES string of the molecule is Clc1nc(NC2CCCOC2)nc(-n2ccnc2)n1. The van der Waals surface area contributed by atoms with E-state index in [0.717, 1.165) is 19.4 Å². The molecule has 7 nitrogen and oxygen atoms in total. The van der Waals surface area contributed by atoms with Crippen LogP contribution in [0.1, 0.15) is 12.8 Å². The number of halogens is 1. The zero-order chi connectivity index (χ0) is 13.1. The first-order valence-corrected chi connectivity index (χ1v) is 6.43. The average molecular weight is 281 g/mol. The fourth-order valence-corrected chi connectivity index (χ4v) is 2.09. The van der Waals surface area contributed by atoms with Gasteiger partial charge in [0.1, 0.15) is 6.33 Å². The summed E-state index contributed by atoms with van der Waals surface area (Å²) in [6.45, 7) is 1.47. The number of nitrogens with one attached hydrogen (secondary N) is 1. The van der Waals surface area contributed by atoms with Gasteiger partial charge in [-0.3, -0.25) is 4.57 Å². The lowest BCUT2D eigenvalue weighted by Crippen LogP contribution is -2.31. The number of ether oxygens (including phenoxy) is 1. The third-order valence-electron chi connectivity index (χ3n) is 2.83. The van der Waals surface area contributed by atoms with Crippen LogP contribution in [0, 0.1) is 0 Å². The highest BCUT2D eigenvalue weighted by Crippen LogP contribution is 2.14. The first kappa shape index (κ1) is 12.3. The van der Waals surface area contributed by atoms with Crippen LogP contribution in [0.3, 0.4) is 0 Å². The van der Waals surface area contributed by atoms with Crippen LogP contribution in [-0.2, 0) is 4.74 Å². The summed E-state index contributed by atoms with van der Waals surface area (Å²) in [6, 6.07) is 0.211. The van der Waals surface area contributed by atoms with Gasteiger partial charge in [0, 0.05) is 19.0 Å². The number of hydrogen-bond donors (Lipinski definition) is 1. The summed E-state index contributed by atoms with van der Waals surface area (Å²) < 4.78 is 7.08. The van der Waals surface area contributed by atoms with Crippen molar-refractivity contribution >= 4 is 17.5 Å². The minimum Gasteiger partial charge on any atom is -0.379 e. The Balaban J connectivity index is 1.81. The van der Waals surface area contributed by atoms with Gasteiger partial charge in [0.2, 0.25) is 17.2 Å². The summed E-state index contributed by atoms with van der Waals surface area (Å²) in [5, 5.41) is 3.37. The third-order valence-corrected chi connectivity index (χ3v) is 2.99. The first-order chi connectivity index (χ1) is 9.31. The molecule has 0 aliphatic carbocycles. The molecule has 1 aliphatic heterocycles. The second-order valence-electron chi connectivity index (χ2n) is 4.26. The minimum atomic E-state index is 0.151. The maximum atomic E-state index is 5.92. The van der Waals surface area contributed by atoms with Gasteiger partial charge < -0.3 is 10.1 Å². The quantitative estimate of drug-likeness (QED) is 0.913. The summed E-state index contributed by atoms with van der Waals surface area (Å²) >= 11 is 5.92. The molecular weight excluding hydrogens is 268 g/mol. The van der Waals surface area contributed by atoms with Crippen molar-refractivity contribution in [2.24, 2.45) is 0 Å². The first-order valence-electron chi connectivity index (χ1n) is 6.05. The van der Waals surface area contributed by atoms with E-state index in [1.807, 2.05) is 0 Å². The van der Waals surface area contributed by atoms with Gasteiger partial charge >= 0.3 is 0 Å². The van der Waals surface area contributed by atoms with E-state index in [0.29, 0.717) is 18.5 Å². The second-order valence-corrected chi connectivity index (χ2v) is 4.59. The molecule has 0 radical (unpaired) electrons. The van der Waals surface area contributed by atoms with Crippen molar-refractivity contribution < 1.29 is 4.74 Å². The Hall–Kier alpha value is -1.73. The van der Waals surface area contributed by atoms with Gasteiger partial charge in [0.25, 0.3) is 0 Å². The maximum absolute atomic E-state index is 5.92. The normalized spacial score (nSPS) is 19.3. The van der Waals surface area contributed by atoms with Gasteiger partial charge in [-0.15, -0.1) is 0 Å². The molecule has 0 aromatic carbocycles. The molecule has 3 rings (SSSR count). The highest BCUT2D eigenvalue weighted by atomic mass is 35.5. The molecular formula is C11H13ClN6O. The summed E-state index contributed by atoms with van der Waals surface area (Å²) in [5.74, 6) is 0.899. The highest BCUT2D eigenvalue weighted by molar-refractivity contribution is 6.28. The second kappa shape index (κ2) is 5.50. The Kier molecular flexibility index (Phi) is 3.56. The molecule has 0 saturated carbocycles. The van der Waals surface area contributed by atoms with Crippen LogP contribution in [0.25, 0.3) is 5.95 Å². The topological polar surface area (TPSA) is 77.8 Å². The highest BCUT2D eigenvalue weighted by Gasteiger charge is 2.16. The lowest BCUT2D eigenvalue weighted by atomic mass is 10.1. The standard InChI is InChI=1S/C11H13ClN6O/c12-9-15-10(14-8-2-1-5-19-6-8)17-11(16-9)18-4-3-13-7-18/h3-4,7-8H,1-2,5-6H2,(H,14,15,16,17). The van der Waals surface area contributed by atoms with E-state index in [1.165, 1.54) is 0 Å². The van der Waals surface area contributed by atoms with Crippen LogP contribution < -0.4 is 5.32 Å². The molecule has 1 saturated heterocycles. The van der Waals surface area contributed by atoms with E-state index in [-0.39, 0.29) is 11.3 Å². The van der Waals surface area contributed by atoms with Crippen LogP contribution >= 0.6 is 11.6 Å². The van der Waals surface area contributed by atoms with E-state index in [4.69, 9.17) is 16.3 Å². The third kappa shape index (κ3) is 2.99. The van der Waals surface area contributed by atoms with E-state index < -0.39 is 0 Å². The van der Waals surface area contributed by atoms with Crippen LogP contribution in [0.15, 0.2) is 18.7 Å². The number of anilines is 1. The van der Waals surface area contributed by atoms with Crippen molar-refractivity contribution in [2.75, 3.05) is 18.5 Å². The van der Waals surface area contributed by atoms with Gasteiger partial charge in [-0.2, -0.15) is 15.0 Å². The van der Waals surface area contributed by atoms with Crippen molar-refractivity contribution in [2.45, 2.75) is 18.9 Å². The predicted octanol–water partition coefficient (Wildman–Crippen LogP) is 1.30. The number of hydrogen-bond acceptors (Lipinski definition) is 6. The van der Waals surface area contributed by atoms with Gasteiger partial charge in [-0.05, 0) is 24.4 Å². The Labute approximate surface area is 115 Å². The molecule has 2 aromatic rings. The van der Waals surface area contributed by atoms with Crippen LogP contribution in [-0.4, -0.2) is 43.8 Å². The zero-order valence-electron chi connectivity index (χ0n) is 10.2. The maximum Gasteiger partial charge on any atom is 0.241 e. The molecule has 8 heteroatoms. The molecule has 1 unspecified atom stereocenters. The molecule has 100 valence electrons. The molecule has 1 aliphatic rings. The molecule has 0 bridgehead atoms. The van der Waals surface area contributed by atoms with Crippen LogP contribution in [0.2, 0.25) is 5.28 Å². The Morgan fingerprint density at radius 1 is 1.37 bits per heavy atom.